The lowest BCUT2D eigenvalue weighted by molar-refractivity contribution is 0.447. The lowest BCUT2D eigenvalue weighted by atomic mass is 10.1. The molecule has 6 nitrogen and oxygen atoms in total. The van der Waals surface area contributed by atoms with E-state index >= 15 is 0 Å². The Bertz CT molecular complexity index is 1070. The summed E-state index contributed by atoms with van der Waals surface area (Å²) in [5, 5.41) is 12.2. The van der Waals surface area contributed by atoms with E-state index in [1.54, 1.807) is 17.7 Å². The Labute approximate surface area is 161 Å². The highest BCUT2D eigenvalue weighted by Crippen LogP contribution is 2.31. The largest absolute Gasteiger partial charge is 0.346 e. The normalized spacial score (nSPS) is 16.6. The van der Waals surface area contributed by atoms with Crippen molar-refractivity contribution in [2.24, 2.45) is 0 Å². The van der Waals surface area contributed by atoms with Crippen LogP contribution in [0.15, 0.2) is 48.1 Å². The van der Waals surface area contributed by atoms with Crippen molar-refractivity contribution in [2.45, 2.75) is 32.4 Å². The summed E-state index contributed by atoms with van der Waals surface area (Å²) in [6.07, 6.45) is 3.55. The van der Waals surface area contributed by atoms with Crippen LogP contribution >= 0.6 is 11.3 Å². The summed E-state index contributed by atoms with van der Waals surface area (Å²) in [5.41, 5.74) is 1.33. The van der Waals surface area contributed by atoms with Gasteiger partial charge in [0.05, 0.1) is 18.0 Å². The van der Waals surface area contributed by atoms with E-state index in [4.69, 9.17) is 0 Å². The third-order valence-corrected chi connectivity index (χ3v) is 5.94. The molecule has 0 bridgehead atoms. The Hall–Kier alpha value is -2.80. The summed E-state index contributed by atoms with van der Waals surface area (Å²) < 4.78 is 2.31. The molecule has 1 atom stereocenters. The molecule has 4 heterocycles. The molecule has 0 spiro atoms. The van der Waals surface area contributed by atoms with Crippen molar-refractivity contribution < 1.29 is 0 Å². The Morgan fingerprint density at radius 3 is 2.85 bits per heavy atom. The van der Waals surface area contributed by atoms with Gasteiger partial charge in [0.1, 0.15) is 22.8 Å². The van der Waals surface area contributed by atoms with Crippen LogP contribution in [0, 0.1) is 0 Å². The molecule has 7 heteroatoms. The Morgan fingerprint density at radius 1 is 1.07 bits per heavy atom. The average molecular weight is 376 g/mol. The van der Waals surface area contributed by atoms with Crippen molar-refractivity contribution in [3.63, 3.8) is 0 Å². The van der Waals surface area contributed by atoms with E-state index in [1.807, 2.05) is 0 Å². The molecule has 0 N–H and O–H groups in total. The van der Waals surface area contributed by atoms with Crippen LogP contribution in [0.25, 0.3) is 10.2 Å². The van der Waals surface area contributed by atoms with Gasteiger partial charge in [0.15, 0.2) is 5.82 Å². The number of thiophene rings is 1. The molecule has 0 radical (unpaired) electrons. The molecule has 1 aromatic carbocycles. The van der Waals surface area contributed by atoms with Crippen molar-refractivity contribution in [2.75, 3.05) is 11.4 Å². The highest BCUT2D eigenvalue weighted by Gasteiger charge is 2.28. The minimum Gasteiger partial charge on any atom is -0.346 e. The van der Waals surface area contributed by atoms with Crippen LogP contribution in [-0.2, 0) is 19.4 Å². The van der Waals surface area contributed by atoms with E-state index in [0.717, 1.165) is 53.6 Å². The second-order valence-electron chi connectivity index (χ2n) is 6.95. The van der Waals surface area contributed by atoms with Crippen LogP contribution in [0.2, 0.25) is 0 Å². The topological polar surface area (TPSA) is 59.7 Å². The van der Waals surface area contributed by atoms with Gasteiger partial charge < -0.3 is 9.47 Å². The molecule has 27 heavy (non-hydrogen) atoms. The van der Waals surface area contributed by atoms with E-state index in [-0.39, 0.29) is 0 Å². The number of rotatable bonds is 4. The molecular weight excluding hydrogens is 356 g/mol. The van der Waals surface area contributed by atoms with Gasteiger partial charge in [0.2, 0.25) is 0 Å². The summed E-state index contributed by atoms with van der Waals surface area (Å²) in [6.45, 7) is 3.85. The van der Waals surface area contributed by atoms with Gasteiger partial charge in [-0.25, -0.2) is 9.97 Å². The second kappa shape index (κ2) is 6.74. The second-order valence-corrected chi connectivity index (χ2v) is 7.85. The number of hydrogen-bond donors (Lipinski definition) is 0. The van der Waals surface area contributed by atoms with Gasteiger partial charge in [0, 0.05) is 13.0 Å². The van der Waals surface area contributed by atoms with E-state index in [0.29, 0.717) is 6.04 Å². The third-order valence-electron chi connectivity index (χ3n) is 5.12. The van der Waals surface area contributed by atoms with Gasteiger partial charge in [-0.15, -0.1) is 21.5 Å². The van der Waals surface area contributed by atoms with Gasteiger partial charge in [-0.2, -0.15) is 0 Å². The zero-order valence-electron chi connectivity index (χ0n) is 15.1. The monoisotopic (exact) mass is 376 g/mol. The van der Waals surface area contributed by atoms with Crippen molar-refractivity contribution in [1.29, 1.82) is 0 Å². The fourth-order valence-electron chi connectivity index (χ4n) is 3.87. The molecule has 0 saturated heterocycles. The molecule has 1 aliphatic rings. The SMILES string of the molecule is C[C@H]1CN(c2ncnc3sccc23)Cc2nnc(CCc3ccccc3)n21. The summed E-state index contributed by atoms with van der Waals surface area (Å²) >= 11 is 1.65. The van der Waals surface area contributed by atoms with Gasteiger partial charge >= 0.3 is 0 Å². The molecule has 5 rings (SSSR count). The predicted octanol–water partition coefficient (Wildman–Crippen LogP) is 3.65. The van der Waals surface area contributed by atoms with E-state index < -0.39 is 0 Å². The van der Waals surface area contributed by atoms with E-state index in [9.17, 15) is 0 Å². The van der Waals surface area contributed by atoms with Crippen LogP contribution in [0.1, 0.15) is 30.2 Å². The Balaban J connectivity index is 1.40. The average Bonchev–Trinajstić information content (AvgIpc) is 3.34. The summed E-state index contributed by atoms with van der Waals surface area (Å²) in [4.78, 5) is 12.3. The van der Waals surface area contributed by atoms with Crippen molar-refractivity contribution >= 4 is 27.4 Å². The molecule has 0 fully saturated rings. The third kappa shape index (κ3) is 2.98. The molecule has 3 aromatic heterocycles. The van der Waals surface area contributed by atoms with Crippen LogP contribution in [0.4, 0.5) is 5.82 Å². The lowest BCUT2D eigenvalue weighted by Gasteiger charge is -2.33. The highest BCUT2D eigenvalue weighted by molar-refractivity contribution is 7.16. The molecular formula is C20H20N6S. The van der Waals surface area contributed by atoms with E-state index in [1.165, 1.54) is 5.56 Å². The number of fused-ring (bicyclic) bond motifs is 2. The molecule has 0 aliphatic carbocycles. The minimum absolute atomic E-state index is 0.304. The zero-order valence-corrected chi connectivity index (χ0v) is 15.9. The quantitative estimate of drug-likeness (QED) is 0.544. The van der Waals surface area contributed by atoms with Gasteiger partial charge in [-0.1, -0.05) is 30.3 Å². The zero-order chi connectivity index (χ0) is 18.2. The molecule has 0 unspecified atom stereocenters. The fraction of sp³-hybridized carbons (Fsp3) is 0.300. The highest BCUT2D eigenvalue weighted by atomic mass is 32.1. The number of anilines is 1. The van der Waals surface area contributed by atoms with Gasteiger partial charge in [0.25, 0.3) is 0 Å². The standard InChI is InChI=1S/C20H20N6S/c1-14-11-25(19-16-9-10-27-20(16)22-13-21-19)12-18-24-23-17(26(14)18)8-7-15-5-3-2-4-6-15/h2-6,9-10,13-14H,7-8,11-12H2,1H3/t14-/m0/s1. The van der Waals surface area contributed by atoms with Crippen LogP contribution in [0.3, 0.4) is 0 Å². The van der Waals surface area contributed by atoms with Crippen molar-refractivity contribution in [1.82, 2.24) is 24.7 Å². The smallest absolute Gasteiger partial charge is 0.152 e. The summed E-state index contributed by atoms with van der Waals surface area (Å²) in [6, 6.07) is 13.0. The predicted molar refractivity (Wildman–Crippen MR) is 107 cm³/mol. The van der Waals surface area contributed by atoms with Crippen LogP contribution in [0.5, 0.6) is 0 Å². The molecule has 136 valence electrons. The molecule has 0 saturated carbocycles. The number of aromatic nitrogens is 5. The number of aryl methyl sites for hydroxylation is 2. The number of nitrogens with zero attached hydrogens (tertiary/aromatic N) is 6. The summed E-state index contributed by atoms with van der Waals surface area (Å²) in [5.74, 6) is 3.08. The van der Waals surface area contributed by atoms with Gasteiger partial charge in [-0.3, -0.25) is 0 Å². The van der Waals surface area contributed by atoms with Gasteiger partial charge in [-0.05, 0) is 30.4 Å². The maximum atomic E-state index is 4.56. The number of benzene rings is 1. The first-order valence-corrected chi connectivity index (χ1v) is 10.1. The summed E-state index contributed by atoms with van der Waals surface area (Å²) in [7, 11) is 0. The first-order chi connectivity index (χ1) is 13.3. The maximum Gasteiger partial charge on any atom is 0.152 e. The maximum absolute atomic E-state index is 4.56. The number of hydrogen-bond acceptors (Lipinski definition) is 6. The van der Waals surface area contributed by atoms with Crippen molar-refractivity contribution in [3.8, 4) is 0 Å². The van der Waals surface area contributed by atoms with Crippen molar-refractivity contribution in [3.05, 3.63) is 65.3 Å². The molecule has 0 amide bonds. The first-order valence-electron chi connectivity index (χ1n) is 9.19. The molecule has 1 aliphatic heterocycles. The fourth-order valence-corrected chi connectivity index (χ4v) is 4.60. The minimum atomic E-state index is 0.304. The van der Waals surface area contributed by atoms with Crippen LogP contribution < -0.4 is 4.90 Å². The Kier molecular flexibility index (Phi) is 4.09. The molecule has 4 aromatic rings. The Morgan fingerprint density at radius 2 is 1.96 bits per heavy atom. The van der Waals surface area contributed by atoms with Crippen LogP contribution in [-0.4, -0.2) is 31.3 Å². The lowest BCUT2D eigenvalue weighted by Crippen LogP contribution is -2.37. The first kappa shape index (κ1) is 16.4. The van der Waals surface area contributed by atoms with E-state index in [2.05, 4.69) is 78.3 Å².